The molecule has 526 valence electrons. The highest BCUT2D eigenvalue weighted by atomic mass is 35.5. The Morgan fingerprint density at radius 1 is 0.684 bits per heavy atom. The van der Waals surface area contributed by atoms with Crippen molar-refractivity contribution in [3.05, 3.63) is 108 Å². The van der Waals surface area contributed by atoms with Crippen molar-refractivity contribution in [3.8, 4) is 5.75 Å². The molecular weight excluding hydrogens is 1290 g/mol. The van der Waals surface area contributed by atoms with Crippen molar-refractivity contribution in [2.75, 3.05) is 146 Å². The summed E-state index contributed by atoms with van der Waals surface area (Å²) in [6, 6.07) is 19.1. The molecule has 0 bridgehead atoms. The number of anilines is 3. The fourth-order valence-electron chi connectivity index (χ4n) is 10.9. The van der Waals surface area contributed by atoms with Gasteiger partial charge in [0.05, 0.1) is 71.1 Å². The van der Waals surface area contributed by atoms with Crippen LogP contribution >= 0.6 is 11.6 Å². The molecule has 30 nitrogen and oxygen atoms in total. The monoisotopic (exact) mass is 1380 g/mol. The van der Waals surface area contributed by atoms with Gasteiger partial charge in [0.15, 0.2) is 5.76 Å². The van der Waals surface area contributed by atoms with Crippen LogP contribution in [-0.4, -0.2) is 218 Å². The number of halogens is 1. The first-order valence-electron chi connectivity index (χ1n) is 32.5. The molecule has 1 aromatic heterocycles. The second kappa shape index (κ2) is 37.8. The first-order valence-corrected chi connectivity index (χ1v) is 33.0. The molecule has 1 fully saturated rings. The molecule has 3 aliphatic heterocycles. The molecule has 31 heteroatoms. The van der Waals surface area contributed by atoms with Gasteiger partial charge < -0.3 is 86.2 Å². The minimum absolute atomic E-state index is 0.00182. The number of urea groups is 1. The summed E-state index contributed by atoms with van der Waals surface area (Å²) in [5.41, 5.74) is 8.03. The molecule has 4 aromatic carbocycles. The Labute approximate surface area is 570 Å². The number of benzene rings is 4. The van der Waals surface area contributed by atoms with Crippen molar-refractivity contribution >= 4 is 116 Å². The third-order valence-electron chi connectivity index (χ3n) is 16.0. The number of hydrogen-bond donors (Lipinski definition) is 10. The van der Waals surface area contributed by atoms with Crippen LogP contribution < -0.4 is 63.2 Å². The Morgan fingerprint density at radius 2 is 1.32 bits per heavy atom. The lowest BCUT2D eigenvalue weighted by molar-refractivity contribution is -0.137. The van der Waals surface area contributed by atoms with Gasteiger partial charge in [-0.05, 0) is 78.2 Å². The number of primary amides is 1. The van der Waals surface area contributed by atoms with Crippen molar-refractivity contribution in [1.29, 1.82) is 0 Å². The van der Waals surface area contributed by atoms with Gasteiger partial charge in [0.1, 0.15) is 17.4 Å². The second-order valence-electron chi connectivity index (χ2n) is 23.4. The molecule has 8 rings (SSSR count). The summed E-state index contributed by atoms with van der Waals surface area (Å²) < 4.78 is 33.9. The highest BCUT2D eigenvalue weighted by molar-refractivity contribution is 6.19. The number of piperazine rings is 1. The largest absolute Gasteiger partial charge is 0.451 e. The highest BCUT2D eigenvalue weighted by Crippen LogP contribution is 2.46. The van der Waals surface area contributed by atoms with Crippen LogP contribution in [0, 0.1) is 5.92 Å². The average Bonchev–Trinajstić information content (AvgIpc) is 1.56. The number of imide groups is 1. The maximum Gasteiger partial charge on any atom is 0.415 e. The summed E-state index contributed by atoms with van der Waals surface area (Å²) in [6.07, 6.45) is 2.28. The predicted molar refractivity (Wildman–Crippen MR) is 362 cm³/mol. The molecule has 0 saturated carbocycles. The Kier molecular flexibility index (Phi) is 28.6. The summed E-state index contributed by atoms with van der Waals surface area (Å²) in [6.45, 7) is 8.68. The molecule has 98 heavy (non-hydrogen) atoms. The van der Waals surface area contributed by atoms with Gasteiger partial charge in [-0.15, -0.1) is 11.6 Å². The van der Waals surface area contributed by atoms with Gasteiger partial charge in [0.2, 0.25) is 29.5 Å². The molecule has 11 N–H and O–H groups in total. The molecule has 3 aliphatic rings. The van der Waals surface area contributed by atoms with Crippen LogP contribution in [0.4, 0.5) is 26.7 Å². The Balaban J connectivity index is 0.720. The average molecular weight is 1380 g/mol. The number of ether oxygens (including phenoxy) is 5. The molecular formula is C67H84ClN13O17. The Hall–Kier alpha value is -9.56. The minimum atomic E-state index is -1.11. The van der Waals surface area contributed by atoms with E-state index < -0.39 is 65.6 Å². The number of furan rings is 1. The van der Waals surface area contributed by atoms with E-state index >= 15 is 0 Å². The van der Waals surface area contributed by atoms with E-state index in [9.17, 15) is 52.7 Å². The van der Waals surface area contributed by atoms with Crippen LogP contribution in [0.3, 0.4) is 0 Å². The quantitative estimate of drug-likeness (QED) is 0.0154. The number of fused-ring (bicyclic) bond motifs is 4. The molecule has 0 unspecified atom stereocenters. The number of carbonyl (C=O) groups is 11. The van der Waals surface area contributed by atoms with Crippen molar-refractivity contribution in [2.24, 2.45) is 11.7 Å². The van der Waals surface area contributed by atoms with Crippen LogP contribution in [0.1, 0.15) is 71.9 Å². The normalized spacial score (nSPS) is 14.9. The smallest absolute Gasteiger partial charge is 0.415 e. The maximum atomic E-state index is 14.4. The SMILES string of the molecule is CC(C)[C@H](NCC(=O)NCCNC(=O)CCOCCOCCOCCOCCNC(=O)CCN1C(=O)C=CC1=O)C(=O)N[C@@H](CCCNC(N)=O)C(=O)Nc1ccc(C(=O)Nc2ccc3oc(C(=O)N4C[C@@H](CCl)c5c4cc(OC(=O)N4CCNCC4)c4ccccc54)cc3c2)cc1. The molecule has 0 aliphatic carbocycles. The lowest BCUT2D eigenvalue weighted by atomic mass is 9.95. The Bertz CT molecular complexity index is 3660. The zero-order valence-corrected chi connectivity index (χ0v) is 55.4. The molecule has 12 amide bonds. The van der Waals surface area contributed by atoms with Crippen LogP contribution in [0.15, 0.2) is 95.4 Å². The number of amides is 12. The van der Waals surface area contributed by atoms with Crippen molar-refractivity contribution in [2.45, 2.75) is 57.5 Å². The lowest BCUT2D eigenvalue weighted by Gasteiger charge is -2.27. The number of alkyl halides is 1. The second-order valence-corrected chi connectivity index (χ2v) is 23.7. The van der Waals surface area contributed by atoms with E-state index in [1.165, 1.54) is 36.4 Å². The van der Waals surface area contributed by atoms with Crippen LogP contribution in [0.25, 0.3) is 21.7 Å². The fraction of sp³-hybridized carbons (Fsp3) is 0.448. The third-order valence-corrected chi connectivity index (χ3v) is 16.3. The van der Waals surface area contributed by atoms with Gasteiger partial charge in [0, 0.05) is 136 Å². The van der Waals surface area contributed by atoms with Gasteiger partial charge in [-0.2, -0.15) is 0 Å². The third kappa shape index (κ3) is 22.0. The number of rotatable bonds is 38. The molecule has 5 aromatic rings. The van der Waals surface area contributed by atoms with E-state index in [-0.39, 0.29) is 139 Å². The predicted octanol–water partition coefficient (Wildman–Crippen LogP) is 2.83. The van der Waals surface area contributed by atoms with Gasteiger partial charge in [0.25, 0.3) is 23.6 Å². The standard InChI is InChI=1S/C67H84ClN13O17/c1-42(2)61(75-40-57(84)72-21-20-71-56(83)18-28-93-30-32-95-34-35-96-33-31-94-29-24-73-55(82)17-25-80-58(85)15-16-59(80)86)64(89)78-50(8-5-19-74-66(69)91)63(88)76-46-11-9-43(10-12-46)62(87)77-47-13-14-52-44(36-47)37-54(97-52)65(90)81-41-45(39-68)60-49-7-4-3-6-48(49)53(38-51(60)81)98-67(92)79-26-22-70-23-27-79/h3-4,6-7,9-16,36-38,42,45,50,61,70,75H,5,8,17-35,39-41H2,1-2H3,(H,71,83)(H,72,84)(H,73,82)(H,76,88)(H,77,87)(H,78,89)(H3,69,74,91)/t45-,50+,61+/m1/s1. The van der Waals surface area contributed by atoms with Gasteiger partial charge in [-0.3, -0.25) is 53.4 Å². The first kappa shape index (κ1) is 74.2. The van der Waals surface area contributed by atoms with Crippen molar-refractivity contribution in [3.63, 3.8) is 0 Å². The van der Waals surface area contributed by atoms with E-state index in [1.807, 2.05) is 24.3 Å². The molecule has 0 radical (unpaired) electrons. The van der Waals surface area contributed by atoms with Crippen molar-refractivity contribution in [1.82, 2.24) is 47.0 Å². The van der Waals surface area contributed by atoms with E-state index in [1.54, 1.807) is 54.0 Å². The van der Waals surface area contributed by atoms with Gasteiger partial charge in [-0.1, -0.05) is 38.1 Å². The number of nitrogens with one attached hydrogen (secondary N) is 9. The topological polar surface area (TPSA) is 391 Å². The van der Waals surface area contributed by atoms with E-state index in [2.05, 4.69) is 47.9 Å². The van der Waals surface area contributed by atoms with Gasteiger partial charge in [-0.25, -0.2) is 9.59 Å². The van der Waals surface area contributed by atoms with Crippen LogP contribution in [0.5, 0.6) is 5.75 Å². The molecule has 1 saturated heterocycles. The molecule has 3 atom stereocenters. The summed E-state index contributed by atoms with van der Waals surface area (Å²) in [5, 5.41) is 27.2. The molecule has 4 heterocycles. The summed E-state index contributed by atoms with van der Waals surface area (Å²) in [5.74, 6) is -3.94. The number of hydrogen-bond acceptors (Lipinski definition) is 19. The van der Waals surface area contributed by atoms with E-state index in [0.717, 1.165) is 21.2 Å². The minimum Gasteiger partial charge on any atom is -0.451 e. The Morgan fingerprint density at radius 3 is 1.99 bits per heavy atom. The maximum absolute atomic E-state index is 14.4. The van der Waals surface area contributed by atoms with Crippen LogP contribution in [0.2, 0.25) is 0 Å². The number of nitrogens with zero attached hydrogens (tertiary/aromatic N) is 3. The lowest BCUT2D eigenvalue weighted by Crippen LogP contribution is -2.55. The molecule has 0 spiro atoms. The van der Waals surface area contributed by atoms with Crippen LogP contribution in [-0.2, 0) is 52.5 Å². The zero-order chi connectivity index (χ0) is 69.9. The summed E-state index contributed by atoms with van der Waals surface area (Å²) in [7, 11) is 0. The summed E-state index contributed by atoms with van der Waals surface area (Å²) >= 11 is 6.54. The zero-order valence-electron chi connectivity index (χ0n) is 54.7. The van der Waals surface area contributed by atoms with E-state index in [0.29, 0.717) is 86.4 Å². The van der Waals surface area contributed by atoms with Crippen molar-refractivity contribution < 1.29 is 80.8 Å². The van der Waals surface area contributed by atoms with Gasteiger partial charge >= 0.3 is 12.1 Å². The van der Waals surface area contributed by atoms with E-state index in [4.69, 9.17) is 45.4 Å². The highest BCUT2D eigenvalue weighted by Gasteiger charge is 2.37. The number of carbonyl (C=O) groups excluding carboxylic acids is 11. The summed E-state index contributed by atoms with van der Waals surface area (Å²) in [4.78, 5) is 145. The first-order chi connectivity index (χ1) is 47.4. The fourth-order valence-corrected chi connectivity index (χ4v) is 11.1. The number of nitrogens with two attached hydrogens (primary N) is 1.